The van der Waals surface area contributed by atoms with Crippen LogP contribution in [0.2, 0.25) is 0 Å². The van der Waals surface area contributed by atoms with E-state index >= 15 is 0 Å². The van der Waals surface area contributed by atoms with Crippen molar-refractivity contribution >= 4 is 0 Å². The average Bonchev–Trinajstić information content (AvgIpc) is 2.36. The summed E-state index contributed by atoms with van der Waals surface area (Å²) in [6.07, 6.45) is -0.736. The van der Waals surface area contributed by atoms with E-state index < -0.39 is 11.9 Å². The van der Waals surface area contributed by atoms with E-state index in [1.807, 2.05) is 0 Å². The molecule has 0 aliphatic carbocycles. The number of benzene rings is 2. The molecule has 3 nitrogen and oxygen atoms in total. The molecule has 0 saturated carbocycles. The fourth-order valence-electron chi connectivity index (χ4n) is 1.79. The van der Waals surface area contributed by atoms with Gasteiger partial charge in [0.1, 0.15) is 23.9 Å². The third-order valence-electron chi connectivity index (χ3n) is 2.73. The summed E-state index contributed by atoms with van der Waals surface area (Å²) in [5.74, 6) is 0.0322. The van der Waals surface area contributed by atoms with Gasteiger partial charge in [0.2, 0.25) is 0 Å². The summed E-state index contributed by atoms with van der Waals surface area (Å²) in [7, 11) is 0. The average molecular weight is 262 g/mol. The molecular weight excluding hydrogens is 247 g/mol. The van der Waals surface area contributed by atoms with Gasteiger partial charge in [-0.3, -0.25) is 0 Å². The number of hydrogen-bond acceptors (Lipinski definition) is 3. The Kier molecular flexibility index (Phi) is 4.02. The number of rotatable bonds is 4. The fraction of sp³-hybridized carbons (Fsp3) is 0.200. The first-order chi connectivity index (χ1) is 9.06. The van der Waals surface area contributed by atoms with E-state index in [-0.39, 0.29) is 12.4 Å². The number of hydrogen-bond donors (Lipinski definition) is 2. The van der Waals surface area contributed by atoms with Crippen molar-refractivity contribution in [1.29, 1.82) is 0 Å². The second kappa shape index (κ2) is 5.71. The summed E-state index contributed by atoms with van der Waals surface area (Å²) >= 11 is 0. The predicted octanol–water partition coefficient (Wildman–Crippen LogP) is 3.16. The Morgan fingerprint density at radius 3 is 2.68 bits per heavy atom. The van der Waals surface area contributed by atoms with E-state index in [0.29, 0.717) is 11.3 Å². The number of aliphatic hydroxyl groups is 1. The van der Waals surface area contributed by atoms with Gasteiger partial charge in [-0.2, -0.15) is 0 Å². The lowest BCUT2D eigenvalue weighted by atomic mass is 10.1. The Bertz CT molecular complexity index is 567. The smallest absolute Gasteiger partial charge is 0.128 e. The zero-order valence-corrected chi connectivity index (χ0v) is 10.5. The monoisotopic (exact) mass is 262 g/mol. The van der Waals surface area contributed by atoms with Crippen LogP contribution >= 0.6 is 0 Å². The van der Waals surface area contributed by atoms with Crippen LogP contribution < -0.4 is 4.74 Å². The third-order valence-corrected chi connectivity index (χ3v) is 2.73. The van der Waals surface area contributed by atoms with Gasteiger partial charge in [-0.25, -0.2) is 4.39 Å². The summed E-state index contributed by atoms with van der Waals surface area (Å²) in [5, 5.41) is 18.9. The number of halogens is 1. The van der Waals surface area contributed by atoms with Crippen LogP contribution in [-0.2, 0) is 6.61 Å². The largest absolute Gasteiger partial charge is 0.508 e. The normalized spacial score (nSPS) is 12.2. The molecule has 0 unspecified atom stereocenters. The van der Waals surface area contributed by atoms with Crippen molar-refractivity contribution in [3.8, 4) is 11.5 Å². The number of aliphatic hydroxyl groups excluding tert-OH is 1. The molecule has 0 heterocycles. The van der Waals surface area contributed by atoms with Crippen molar-refractivity contribution in [3.05, 3.63) is 59.4 Å². The molecule has 0 amide bonds. The van der Waals surface area contributed by atoms with Crippen molar-refractivity contribution in [1.82, 2.24) is 0 Å². The molecule has 100 valence electrons. The lowest BCUT2D eigenvalue weighted by Crippen LogP contribution is -2.01. The molecule has 0 aromatic heterocycles. The standard InChI is InChI=1S/C15H15FO3/c1-10(17)14-6-5-12(16)8-15(14)19-9-11-3-2-4-13(18)7-11/h2-8,10,17-18H,9H2,1H3/t10-/m1/s1. The van der Waals surface area contributed by atoms with E-state index in [9.17, 15) is 14.6 Å². The van der Waals surface area contributed by atoms with E-state index in [0.717, 1.165) is 5.56 Å². The molecule has 2 aromatic rings. The molecule has 0 aliphatic heterocycles. The van der Waals surface area contributed by atoms with Crippen LogP contribution in [0.1, 0.15) is 24.2 Å². The molecule has 0 saturated heterocycles. The lowest BCUT2D eigenvalue weighted by molar-refractivity contribution is 0.189. The molecule has 0 spiro atoms. The van der Waals surface area contributed by atoms with Crippen LogP contribution in [0, 0.1) is 5.82 Å². The molecule has 0 fully saturated rings. The maximum Gasteiger partial charge on any atom is 0.128 e. The van der Waals surface area contributed by atoms with E-state index in [4.69, 9.17) is 4.74 Å². The summed E-state index contributed by atoms with van der Waals surface area (Å²) in [5.41, 5.74) is 1.29. The van der Waals surface area contributed by atoms with Crippen LogP contribution in [0.15, 0.2) is 42.5 Å². The molecule has 0 aliphatic rings. The van der Waals surface area contributed by atoms with Crippen molar-refractivity contribution in [3.63, 3.8) is 0 Å². The van der Waals surface area contributed by atoms with Crippen molar-refractivity contribution in [2.75, 3.05) is 0 Å². The summed E-state index contributed by atoms with van der Waals surface area (Å²) in [6.45, 7) is 1.78. The summed E-state index contributed by atoms with van der Waals surface area (Å²) < 4.78 is 18.7. The topological polar surface area (TPSA) is 49.7 Å². The molecular formula is C15H15FO3. The first-order valence-corrected chi connectivity index (χ1v) is 5.94. The first kappa shape index (κ1) is 13.4. The molecule has 1 atom stereocenters. The second-order valence-corrected chi connectivity index (χ2v) is 4.32. The third kappa shape index (κ3) is 3.45. The highest BCUT2D eigenvalue weighted by atomic mass is 19.1. The molecule has 0 radical (unpaired) electrons. The highest BCUT2D eigenvalue weighted by molar-refractivity contribution is 5.36. The Morgan fingerprint density at radius 1 is 1.21 bits per heavy atom. The zero-order valence-electron chi connectivity index (χ0n) is 10.5. The van der Waals surface area contributed by atoms with E-state index in [1.54, 1.807) is 31.2 Å². The van der Waals surface area contributed by atoms with Crippen molar-refractivity contribution in [2.45, 2.75) is 19.6 Å². The SMILES string of the molecule is C[C@@H](O)c1ccc(F)cc1OCc1cccc(O)c1. The molecule has 2 N–H and O–H groups in total. The second-order valence-electron chi connectivity index (χ2n) is 4.32. The Morgan fingerprint density at radius 2 is 2.00 bits per heavy atom. The Hall–Kier alpha value is -2.07. The molecule has 4 heteroatoms. The maximum absolute atomic E-state index is 13.2. The molecule has 2 aromatic carbocycles. The summed E-state index contributed by atoms with van der Waals surface area (Å²) in [6, 6.07) is 10.6. The highest BCUT2D eigenvalue weighted by Crippen LogP contribution is 2.27. The maximum atomic E-state index is 13.2. The Balaban J connectivity index is 2.17. The van der Waals surface area contributed by atoms with Crippen LogP contribution in [0.25, 0.3) is 0 Å². The van der Waals surface area contributed by atoms with Crippen molar-refractivity contribution < 1.29 is 19.3 Å². The zero-order chi connectivity index (χ0) is 13.8. The molecule has 0 bridgehead atoms. The lowest BCUT2D eigenvalue weighted by Gasteiger charge is -2.13. The van der Waals surface area contributed by atoms with Gasteiger partial charge in [-0.1, -0.05) is 12.1 Å². The number of aromatic hydroxyl groups is 1. The number of phenols is 1. The van der Waals surface area contributed by atoms with Gasteiger partial charge in [0.25, 0.3) is 0 Å². The quantitative estimate of drug-likeness (QED) is 0.889. The van der Waals surface area contributed by atoms with Gasteiger partial charge in [-0.05, 0) is 36.8 Å². The van der Waals surface area contributed by atoms with Gasteiger partial charge < -0.3 is 14.9 Å². The van der Waals surface area contributed by atoms with Gasteiger partial charge in [0.15, 0.2) is 0 Å². The first-order valence-electron chi connectivity index (χ1n) is 5.94. The van der Waals surface area contributed by atoms with E-state index in [1.165, 1.54) is 18.2 Å². The van der Waals surface area contributed by atoms with Crippen LogP contribution in [-0.4, -0.2) is 10.2 Å². The van der Waals surface area contributed by atoms with Gasteiger partial charge in [0, 0.05) is 11.6 Å². The minimum atomic E-state index is -0.736. The fourth-order valence-corrected chi connectivity index (χ4v) is 1.79. The number of phenolic OH excluding ortho intramolecular Hbond substituents is 1. The summed E-state index contributed by atoms with van der Waals surface area (Å²) in [4.78, 5) is 0. The number of ether oxygens (including phenoxy) is 1. The van der Waals surface area contributed by atoms with Crippen LogP contribution in [0.3, 0.4) is 0 Å². The van der Waals surface area contributed by atoms with Crippen LogP contribution in [0.5, 0.6) is 11.5 Å². The van der Waals surface area contributed by atoms with E-state index in [2.05, 4.69) is 0 Å². The van der Waals surface area contributed by atoms with Gasteiger partial charge >= 0.3 is 0 Å². The minimum Gasteiger partial charge on any atom is -0.508 e. The Labute approximate surface area is 110 Å². The van der Waals surface area contributed by atoms with Gasteiger partial charge in [-0.15, -0.1) is 0 Å². The molecule has 19 heavy (non-hydrogen) atoms. The van der Waals surface area contributed by atoms with Crippen molar-refractivity contribution in [2.24, 2.45) is 0 Å². The molecule has 2 rings (SSSR count). The predicted molar refractivity (Wildman–Crippen MR) is 69.5 cm³/mol. The highest BCUT2D eigenvalue weighted by Gasteiger charge is 2.10. The minimum absolute atomic E-state index is 0.149. The van der Waals surface area contributed by atoms with Crippen LogP contribution in [0.4, 0.5) is 4.39 Å². The van der Waals surface area contributed by atoms with Gasteiger partial charge in [0.05, 0.1) is 6.10 Å².